The van der Waals surface area contributed by atoms with Crippen molar-refractivity contribution in [2.45, 2.75) is 6.42 Å². The first-order chi connectivity index (χ1) is 10.5. The Morgan fingerprint density at radius 3 is 2.64 bits per heavy atom. The summed E-state index contributed by atoms with van der Waals surface area (Å²) in [6, 6.07) is 1.62. The van der Waals surface area contributed by atoms with Gasteiger partial charge in [-0.3, -0.25) is 9.59 Å². The zero-order valence-corrected chi connectivity index (χ0v) is 11.8. The number of hydrogen-bond acceptors (Lipinski definition) is 4. The standard InChI is InChI=1S/C14H16F2N2O4/c15-9-1-2-10(19)13(16)12(9)14(21)17-4-3-11(20)18-5-7-22-8-6-18/h1-2,19H,3-8H2,(H,17,21). The Morgan fingerprint density at radius 2 is 1.95 bits per heavy atom. The van der Waals surface area contributed by atoms with E-state index in [4.69, 9.17) is 9.84 Å². The number of carbonyl (C=O) groups excluding carboxylic acids is 2. The topological polar surface area (TPSA) is 78.9 Å². The molecule has 1 aromatic rings. The lowest BCUT2D eigenvalue weighted by Gasteiger charge is -2.26. The summed E-state index contributed by atoms with van der Waals surface area (Å²) in [4.78, 5) is 25.2. The van der Waals surface area contributed by atoms with E-state index < -0.39 is 28.9 Å². The van der Waals surface area contributed by atoms with E-state index in [-0.39, 0.29) is 18.9 Å². The van der Waals surface area contributed by atoms with Crippen molar-refractivity contribution < 1.29 is 28.2 Å². The van der Waals surface area contributed by atoms with Crippen LogP contribution in [0.1, 0.15) is 16.8 Å². The first-order valence-corrected chi connectivity index (χ1v) is 6.81. The van der Waals surface area contributed by atoms with Crippen LogP contribution in [0.15, 0.2) is 12.1 Å². The number of ether oxygens (including phenoxy) is 1. The average molecular weight is 314 g/mol. The molecular formula is C14H16F2N2O4. The Balaban J connectivity index is 1.88. The third-order valence-corrected chi connectivity index (χ3v) is 3.29. The van der Waals surface area contributed by atoms with Crippen LogP contribution in [0.2, 0.25) is 0 Å². The molecule has 22 heavy (non-hydrogen) atoms. The lowest BCUT2D eigenvalue weighted by atomic mass is 10.1. The fourth-order valence-corrected chi connectivity index (χ4v) is 2.09. The molecule has 0 radical (unpaired) electrons. The maximum absolute atomic E-state index is 13.5. The lowest BCUT2D eigenvalue weighted by Crippen LogP contribution is -2.42. The number of halogens is 2. The predicted octanol–water partition coefficient (Wildman–Crippen LogP) is 0.649. The highest BCUT2D eigenvalue weighted by Crippen LogP contribution is 2.21. The molecule has 6 nitrogen and oxygen atoms in total. The van der Waals surface area contributed by atoms with Gasteiger partial charge in [-0.2, -0.15) is 0 Å². The second-order valence-corrected chi connectivity index (χ2v) is 4.75. The van der Waals surface area contributed by atoms with Gasteiger partial charge in [-0.15, -0.1) is 0 Å². The summed E-state index contributed by atoms with van der Waals surface area (Å²) in [5, 5.41) is 11.4. The third-order valence-electron chi connectivity index (χ3n) is 3.29. The number of nitrogens with one attached hydrogen (secondary N) is 1. The van der Waals surface area contributed by atoms with Gasteiger partial charge in [0.05, 0.1) is 13.2 Å². The third kappa shape index (κ3) is 3.70. The number of aromatic hydroxyl groups is 1. The van der Waals surface area contributed by atoms with Gasteiger partial charge >= 0.3 is 0 Å². The molecular weight excluding hydrogens is 298 g/mol. The molecule has 0 bridgehead atoms. The van der Waals surface area contributed by atoms with Crippen LogP contribution in [0.5, 0.6) is 5.75 Å². The Bertz CT molecular complexity index is 574. The average Bonchev–Trinajstić information content (AvgIpc) is 2.52. The first-order valence-electron chi connectivity index (χ1n) is 6.81. The molecule has 1 fully saturated rings. The monoisotopic (exact) mass is 314 g/mol. The summed E-state index contributed by atoms with van der Waals surface area (Å²) in [5.41, 5.74) is -0.862. The zero-order valence-electron chi connectivity index (χ0n) is 11.8. The van der Waals surface area contributed by atoms with Crippen LogP contribution < -0.4 is 5.32 Å². The van der Waals surface area contributed by atoms with Crippen molar-refractivity contribution in [1.29, 1.82) is 0 Å². The van der Waals surface area contributed by atoms with Crippen molar-refractivity contribution in [3.8, 4) is 5.75 Å². The van der Waals surface area contributed by atoms with E-state index in [0.717, 1.165) is 12.1 Å². The van der Waals surface area contributed by atoms with E-state index in [0.29, 0.717) is 26.3 Å². The van der Waals surface area contributed by atoms with Crippen molar-refractivity contribution in [2.75, 3.05) is 32.8 Å². The Morgan fingerprint density at radius 1 is 1.27 bits per heavy atom. The van der Waals surface area contributed by atoms with Crippen LogP contribution in [0.25, 0.3) is 0 Å². The van der Waals surface area contributed by atoms with Gasteiger partial charge in [-0.1, -0.05) is 0 Å². The van der Waals surface area contributed by atoms with Gasteiger partial charge in [0, 0.05) is 26.1 Å². The van der Waals surface area contributed by atoms with Crippen LogP contribution >= 0.6 is 0 Å². The minimum atomic E-state index is -1.32. The fraction of sp³-hybridized carbons (Fsp3) is 0.429. The van der Waals surface area contributed by atoms with Gasteiger partial charge in [0.1, 0.15) is 11.4 Å². The van der Waals surface area contributed by atoms with Gasteiger partial charge in [0.15, 0.2) is 11.6 Å². The molecule has 0 saturated carbocycles. The minimum Gasteiger partial charge on any atom is -0.505 e. The van der Waals surface area contributed by atoms with Crippen LogP contribution in [-0.2, 0) is 9.53 Å². The molecule has 0 atom stereocenters. The molecule has 1 saturated heterocycles. The summed E-state index contributed by atoms with van der Waals surface area (Å²) in [6.07, 6.45) is 0.0216. The largest absolute Gasteiger partial charge is 0.505 e. The number of morpholine rings is 1. The Kier molecular flexibility index (Phi) is 5.26. The van der Waals surface area contributed by atoms with Crippen LogP contribution in [0.3, 0.4) is 0 Å². The summed E-state index contributed by atoms with van der Waals surface area (Å²) >= 11 is 0. The van der Waals surface area contributed by atoms with Crippen LogP contribution in [0.4, 0.5) is 8.78 Å². The van der Waals surface area contributed by atoms with Crippen molar-refractivity contribution >= 4 is 11.8 Å². The summed E-state index contributed by atoms with van der Waals surface area (Å²) < 4.78 is 32.1. The van der Waals surface area contributed by atoms with Gasteiger partial charge < -0.3 is 20.1 Å². The number of benzene rings is 1. The highest BCUT2D eigenvalue weighted by molar-refractivity contribution is 5.95. The maximum Gasteiger partial charge on any atom is 0.257 e. The quantitative estimate of drug-likeness (QED) is 0.855. The van der Waals surface area contributed by atoms with Crippen LogP contribution in [-0.4, -0.2) is 54.7 Å². The SMILES string of the molecule is O=C(NCCC(=O)N1CCOCC1)c1c(F)ccc(O)c1F. The first kappa shape index (κ1) is 16.2. The molecule has 0 aliphatic carbocycles. The highest BCUT2D eigenvalue weighted by atomic mass is 19.1. The number of hydrogen-bond donors (Lipinski definition) is 2. The molecule has 0 spiro atoms. The fourth-order valence-electron chi connectivity index (χ4n) is 2.09. The van der Waals surface area contributed by atoms with Gasteiger partial charge in [-0.25, -0.2) is 8.78 Å². The number of phenols is 1. The smallest absolute Gasteiger partial charge is 0.257 e. The number of phenolic OH excluding ortho intramolecular Hbond substituents is 1. The molecule has 1 aliphatic rings. The summed E-state index contributed by atoms with van der Waals surface area (Å²) in [7, 11) is 0. The Hall–Kier alpha value is -2.22. The maximum atomic E-state index is 13.5. The Labute approximate surface area is 125 Å². The normalized spacial score (nSPS) is 14.7. The molecule has 8 heteroatoms. The molecule has 0 aromatic heterocycles. The molecule has 1 aromatic carbocycles. The highest BCUT2D eigenvalue weighted by Gasteiger charge is 2.21. The number of nitrogens with zero attached hydrogens (tertiary/aromatic N) is 1. The van der Waals surface area contributed by atoms with E-state index in [1.165, 1.54) is 0 Å². The van der Waals surface area contributed by atoms with Crippen LogP contribution in [0, 0.1) is 11.6 Å². The summed E-state index contributed by atoms with van der Waals surface area (Å²) in [5.74, 6) is -4.39. The van der Waals surface area contributed by atoms with E-state index in [9.17, 15) is 18.4 Å². The van der Waals surface area contributed by atoms with Gasteiger partial charge in [0.25, 0.3) is 5.91 Å². The second-order valence-electron chi connectivity index (χ2n) is 4.75. The van der Waals surface area contributed by atoms with Crippen molar-refractivity contribution in [3.05, 3.63) is 29.3 Å². The van der Waals surface area contributed by atoms with E-state index in [2.05, 4.69) is 5.32 Å². The molecule has 2 rings (SSSR count). The van der Waals surface area contributed by atoms with Crippen molar-refractivity contribution in [3.63, 3.8) is 0 Å². The molecule has 0 unspecified atom stereocenters. The molecule has 2 N–H and O–H groups in total. The molecule has 120 valence electrons. The minimum absolute atomic E-state index is 0.0216. The van der Waals surface area contributed by atoms with Gasteiger partial charge in [-0.05, 0) is 12.1 Å². The predicted molar refractivity (Wildman–Crippen MR) is 72.4 cm³/mol. The number of carbonyl (C=O) groups is 2. The van der Waals surface area contributed by atoms with Gasteiger partial charge in [0.2, 0.25) is 5.91 Å². The van der Waals surface area contributed by atoms with Crippen molar-refractivity contribution in [1.82, 2.24) is 10.2 Å². The lowest BCUT2D eigenvalue weighted by molar-refractivity contribution is -0.135. The van der Waals surface area contributed by atoms with E-state index in [1.807, 2.05) is 0 Å². The zero-order chi connectivity index (χ0) is 16.1. The van der Waals surface area contributed by atoms with E-state index >= 15 is 0 Å². The number of amides is 2. The summed E-state index contributed by atoms with van der Waals surface area (Å²) in [6.45, 7) is 1.87. The van der Waals surface area contributed by atoms with Crippen molar-refractivity contribution in [2.24, 2.45) is 0 Å². The molecule has 1 heterocycles. The second kappa shape index (κ2) is 7.17. The number of rotatable bonds is 4. The molecule has 1 aliphatic heterocycles. The molecule has 2 amide bonds. The van der Waals surface area contributed by atoms with E-state index in [1.54, 1.807) is 4.90 Å².